The second-order valence-electron chi connectivity index (χ2n) is 5.88. The quantitative estimate of drug-likeness (QED) is 0.847. The summed E-state index contributed by atoms with van der Waals surface area (Å²) in [5, 5.41) is 0. The van der Waals surface area contributed by atoms with Crippen molar-refractivity contribution in [2.75, 3.05) is 6.54 Å². The van der Waals surface area contributed by atoms with Crippen LogP contribution in [0.5, 0.6) is 0 Å². The smallest absolute Gasteiger partial charge is 0.134 e. The molecular weight excluding hydrogens is 258 g/mol. The lowest BCUT2D eigenvalue weighted by molar-refractivity contribution is -0.120. The average molecular weight is 279 g/mol. The van der Waals surface area contributed by atoms with Gasteiger partial charge < -0.3 is 0 Å². The topological polar surface area (TPSA) is 20.3 Å². The summed E-state index contributed by atoms with van der Waals surface area (Å²) in [6, 6.07) is 21.4. The molecule has 0 spiro atoms. The summed E-state index contributed by atoms with van der Waals surface area (Å²) < 4.78 is 0. The van der Waals surface area contributed by atoms with Crippen molar-refractivity contribution in [3.8, 4) is 0 Å². The zero-order valence-corrected chi connectivity index (χ0v) is 12.4. The van der Waals surface area contributed by atoms with E-state index in [1.807, 2.05) is 12.1 Å². The Kier molecular flexibility index (Phi) is 4.16. The van der Waals surface area contributed by atoms with Gasteiger partial charge in [0, 0.05) is 25.0 Å². The molecule has 2 unspecified atom stereocenters. The SMILES string of the molecule is CC(=O)C1CC(c2ccccc2)N(Cc2ccccc2)C1. The number of ketones is 1. The number of hydrogen-bond acceptors (Lipinski definition) is 2. The number of hydrogen-bond donors (Lipinski definition) is 0. The highest BCUT2D eigenvalue weighted by Gasteiger charge is 2.34. The number of nitrogens with zero attached hydrogens (tertiary/aromatic N) is 1. The fourth-order valence-electron chi connectivity index (χ4n) is 3.21. The van der Waals surface area contributed by atoms with E-state index in [1.165, 1.54) is 11.1 Å². The monoisotopic (exact) mass is 279 g/mol. The molecule has 2 heteroatoms. The van der Waals surface area contributed by atoms with Crippen LogP contribution < -0.4 is 0 Å². The second kappa shape index (κ2) is 6.23. The zero-order valence-electron chi connectivity index (χ0n) is 12.4. The minimum Gasteiger partial charge on any atom is -0.300 e. The van der Waals surface area contributed by atoms with E-state index in [9.17, 15) is 4.79 Å². The van der Waals surface area contributed by atoms with Gasteiger partial charge in [0.15, 0.2) is 0 Å². The molecule has 0 saturated carbocycles. The summed E-state index contributed by atoms with van der Waals surface area (Å²) in [7, 11) is 0. The summed E-state index contributed by atoms with van der Waals surface area (Å²) in [5.74, 6) is 0.477. The van der Waals surface area contributed by atoms with Gasteiger partial charge in [0.25, 0.3) is 0 Å². The molecule has 2 aromatic rings. The van der Waals surface area contributed by atoms with Gasteiger partial charge in [0.05, 0.1) is 0 Å². The van der Waals surface area contributed by atoms with Crippen LogP contribution in [-0.2, 0) is 11.3 Å². The van der Waals surface area contributed by atoms with Gasteiger partial charge >= 0.3 is 0 Å². The van der Waals surface area contributed by atoms with Crippen molar-refractivity contribution in [3.63, 3.8) is 0 Å². The van der Waals surface area contributed by atoms with Crippen LogP contribution >= 0.6 is 0 Å². The Hall–Kier alpha value is -1.93. The third kappa shape index (κ3) is 3.22. The summed E-state index contributed by atoms with van der Waals surface area (Å²) in [6.07, 6.45) is 0.937. The molecule has 0 amide bonds. The van der Waals surface area contributed by atoms with Crippen LogP contribution in [0.25, 0.3) is 0 Å². The Morgan fingerprint density at radius 1 is 1.05 bits per heavy atom. The van der Waals surface area contributed by atoms with Gasteiger partial charge in [-0.15, -0.1) is 0 Å². The number of benzene rings is 2. The molecule has 0 radical (unpaired) electrons. The molecule has 1 aliphatic rings. The maximum Gasteiger partial charge on any atom is 0.134 e. The maximum absolute atomic E-state index is 11.8. The third-order valence-corrected chi connectivity index (χ3v) is 4.39. The highest BCUT2D eigenvalue weighted by atomic mass is 16.1. The largest absolute Gasteiger partial charge is 0.300 e. The molecule has 2 atom stereocenters. The van der Waals surface area contributed by atoms with Gasteiger partial charge in [0.2, 0.25) is 0 Å². The van der Waals surface area contributed by atoms with Crippen molar-refractivity contribution in [2.45, 2.75) is 25.9 Å². The fraction of sp³-hybridized carbons (Fsp3) is 0.316. The summed E-state index contributed by atoms with van der Waals surface area (Å²) in [4.78, 5) is 14.2. The molecule has 0 bridgehead atoms. The van der Waals surface area contributed by atoms with Crippen molar-refractivity contribution < 1.29 is 4.79 Å². The first-order chi connectivity index (χ1) is 10.2. The van der Waals surface area contributed by atoms with Crippen LogP contribution in [0, 0.1) is 5.92 Å². The van der Waals surface area contributed by atoms with Crippen molar-refractivity contribution in [3.05, 3.63) is 71.8 Å². The molecule has 108 valence electrons. The van der Waals surface area contributed by atoms with Gasteiger partial charge in [-0.1, -0.05) is 60.7 Å². The molecule has 0 N–H and O–H groups in total. The van der Waals surface area contributed by atoms with E-state index >= 15 is 0 Å². The molecule has 0 aromatic heterocycles. The Balaban J connectivity index is 1.83. The van der Waals surface area contributed by atoms with Crippen LogP contribution in [0.15, 0.2) is 60.7 Å². The van der Waals surface area contributed by atoms with E-state index in [1.54, 1.807) is 6.92 Å². The van der Waals surface area contributed by atoms with E-state index in [0.29, 0.717) is 11.8 Å². The van der Waals surface area contributed by atoms with Crippen molar-refractivity contribution in [2.24, 2.45) is 5.92 Å². The molecule has 2 aromatic carbocycles. The predicted molar refractivity (Wildman–Crippen MR) is 84.8 cm³/mol. The molecule has 1 aliphatic heterocycles. The predicted octanol–water partition coefficient (Wildman–Crippen LogP) is 3.84. The van der Waals surface area contributed by atoms with Gasteiger partial charge in [-0.05, 0) is 24.5 Å². The van der Waals surface area contributed by atoms with Crippen LogP contribution in [0.2, 0.25) is 0 Å². The average Bonchev–Trinajstić information content (AvgIpc) is 2.93. The fourth-order valence-corrected chi connectivity index (χ4v) is 3.21. The van der Waals surface area contributed by atoms with Gasteiger partial charge in [-0.25, -0.2) is 0 Å². The van der Waals surface area contributed by atoms with E-state index in [2.05, 4.69) is 53.4 Å². The molecule has 3 rings (SSSR count). The molecular formula is C19H21NO. The molecule has 1 fully saturated rings. The second-order valence-corrected chi connectivity index (χ2v) is 5.88. The van der Waals surface area contributed by atoms with Crippen LogP contribution in [0.4, 0.5) is 0 Å². The molecule has 1 saturated heterocycles. The lowest BCUT2D eigenvalue weighted by atomic mass is 9.97. The highest BCUT2D eigenvalue weighted by Crippen LogP contribution is 2.36. The number of likely N-dealkylation sites (tertiary alicyclic amines) is 1. The first-order valence-corrected chi connectivity index (χ1v) is 7.57. The number of rotatable bonds is 4. The van der Waals surface area contributed by atoms with Gasteiger partial charge in [-0.2, -0.15) is 0 Å². The van der Waals surface area contributed by atoms with E-state index in [-0.39, 0.29) is 5.92 Å². The lowest BCUT2D eigenvalue weighted by Gasteiger charge is -2.24. The minimum atomic E-state index is 0.166. The molecule has 0 aliphatic carbocycles. The highest BCUT2D eigenvalue weighted by molar-refractivity contribution is 5.79. The standard InChI is InChI=1S/C19H21NO/c1-15(21)18-12-19(17-10-6-3-7-11-17)20(14-18)13-16-8-4-2-5-9-16/h2-11,18-19H,12-14H2,1H3. The zero-order chi connectivity index (χ0) is 14.7. The van der Waals surface area contributed by atoms with E-state index < -0.39 is 0 Å². The Bertz CT molecular complexity index is 593. The first-order valence-electron chi connectivity index (χ1n) is 7.57. The van der Waals surface area contributed by atoms with Crippen molar-refractivity contribution in [1.82, 2.24) is 4.90 Å². The van der Waals surface area contributed by atoms with Crippen molar-refractivity contribution >= 4 is 5.78 Å². The maximum atomic E-state index is 11.8. The number of carbonyl (C=O) groups excluding carboxylic acids is 1. The number of Topliss-reactive ketones (excluding diaryl/α,β-unsaturated/α-hetero) is 1. The first kappa shape index (κ1) is 14.0. The van der Waals surface area contributed by atoms with E-state index in [4.69, 9.17) is 0 Å². The van der Waals surface area contributed by atoms with Gasteiger partial charge in [0.1, 0.15) is 5.78 Å². The normalized spacial score (nSPS) is 22.3. The van der Waals surface area contributed by atoms with Crippen LogP contribution in [-0.4, -0.2) is 17.2 Å². The molecule has 21 heavy (non-hydrogen) atoms. The lowest BCUT2D eigenvalue weighted by Crippen LogP contribution is -2.24. The summed E-state index contributed by atoms with van der Waals surface area (Å²) >= 11 is 0. The Morgan fingerprint density at radius 2 is 1.67 bits per heavy atom. The summed E-state index contributed by atoms with van der Waals surface area (Å²) in [5.41, 5.74) is 2.62. The third-order valence-electron chi connectivity index (χ3n) is 4.39. The Labute approximate surface area is 126 Å². The van der Waals surface area contributed by atoms with Crippen LogP contribution in [0.3, 0.4) is 0 Å². The van der Waals surface area contributed by atoms with Crippen LogP contribution in [0.1, 0.15) is 30.5 Å². The molecule has 2 nitrogen and oxygen atoms in total. The number of carbonyl (C=O) groups is 1. The minimum absolute atomic E-state index is 0.166. The Morgan fingerprint density at radius 3 is 2.29 bits per heavy atom. The summed E-state index contributed by atoms with van der Waals surface area (Å²) in [6.45, 7) is 3.49. The molecule has 1 heterocycles. The van der Waals surface area contributed by atoms with E-state index in [0.717, 1.165) is 19.5 Å². The van der Waals surface area contributed by atoms with Gasteiger partial charge in [-0.3, -0.25) is 9.69 Å². The van der Waals surface area contributed by atoms with Crippen molar-refractivity contribution in [1.29, 1.82) is 0 Å².